The van der Waals surface area contributed by atoms with Gasteiger partial charge in [0.1, 0.15) is 0 Å². The lowest BCUT2D eigenvalue weighted by molar-refractivity contribution is 0.0689. The number of nitrogens with zero attached hydrogens (tertiary/aromatic N) is 2. The quantitative estimate of drug-likeness (QED) is 0.273. The number of allylic oxidation sites excluding steroid dienone is 2. The van der Waals surface area contributed by atoms with Gasteiger partial charge < -0.3 is 5.11 Å². The summed E-state index contributed by atoms with van der Waals surface area (Å²) in [5.41, 5.74) is -0.0899. The number of hydrogen-bond donors (Lipinski definition) is 1. The third-order valence-corrected chi connectivity index (χ3v) is 4.72. The molecule has 0 aliphatic carbocycles. The van der Waals surface area contributed by atoms with Gasteiger partial charge in [0.2, 0.25) is 5.91 Å². The molecule has 0 aromatic carbocycles. The zero-order chi connectivity index (χ0) is 19.7. The van der Waals surface area contributed by atoms with Gasteiger partial charge in [0.25, 0.3) is 0 Å². The minimum Gasteiger partial charge on any atom is -0.476 e. The van der Waals surface area contributed by atoms with Crippen molar-refractivity contribution in [2.45, 2.75) is 96.8 Å². The van der Waals surface area contributed by atoms with E-state index in [0.29, 0.717) is 6.42 Å². The molecule has 5 heteroatoms. The van der Waals surface area contributed by atoms with Gasteiger partial charge in [-0.25, -0.2) is 9.48 Å². The van der Waals surface area contributed by atoms with E-state index in [1.807, 2.05) is 0 Å². The fourth-order valence-electron chi connectivity index (χ4n) is 3.04. The van der Waals surface area contributed by atoms with Gasteiger partial charge in [0, 0.05) is 12.6 Å². The van der Waals surface area contributed by atoms with Crippen LogP contribution in [-0.2, 0) is 0 Å². The number of aromatic carboxylic acids is 1. The Hall–Kier alpha value is -1.91. The zero-order valence-corrected chi connectivity index (χ0v) is 16.9. The summed E-state index contributed by atoms with van der Waals surface area (Å²) >= 11 is 0. The topological polar surface area (TPSA) is 72.2 Å². The summed E-state index contributed by atoms with van der Waals surface area (Å²) in [5.74, 6) is -1.25. The minimum absolute atomic E-state index is 0.0899. The molecule has 0 spiro atoms. The molecule has 0 unspecified atom stereocenters. The van der Waals surface area contributed by atoms with Crippen LogP contribution in [0.4, 0.5) is 0 Å². The Bertz CT molecular complexity index is 564. The molecule has 0 saturated carbocycles. The van der Waals surface area contributed by atoms with Crippen LogP contribution in [0.3, 0.4) is 0 Å². The van der Waals surface area contributed by atoms with E-state index in [2.05, 4.69) is 24.2 Å². The van der Waals surface area contributed by atoms with Crippen molar-refractivity contribution in [2.75, 3.05) is 0 Å². The molecule has 1 aromatic rings. The van der Waals surface area contributed by atoms with Crippen molar-refractivity contribution in [3.8, 4) is 0 Å². The largest absolute Gasteiger partial charge is 0.476 e. The lowest BCUT2D eigenvalue weighted by atomic mass is 10.1. The zero-order valence-electron chi connectivity index (χ0n) is 16.9. The Morgan fingerprint density at radius 2 is 1.48 bits per heavy atom. The molecule has 0 saturated heterocycles. The summed E-state index contributed by atoms with van der Waals surface area (Å²) in [6, 6.07) is 1.35. The lowest BCUT2D eigenvalue weighted by Gasteiger charge is -2.01. The van der Waals surface area contributed by atoms with Crippen molar-refractivity contribution in [3.05, 3.63) is 30.1 Å². The predicted molar refractivity (Wildman–Crippen MR) is 109 cm³/mol. The van der Waals surface area contributed by atoms with Crippen LogP contribution in [-0.4, -0.2) is 26.8 Å². The van der Waals surface area contributed by atoms with E-state index < -0.39 is 5.97 Å². The molecule has 0 aliphatic heterocycles. The van der Waals surface area contributed by atoms with Gasteiger partial charge in [0.05, 0.1) is 0 Å². The van der Waals surface area contributed by atoms with E-state index in [9.17, 15) is 9.59 Å². The second-order valence-corrected chi connectivity index (χ2v) is 7.18. The molecule has 0 aliphatic rings. The minimum atomic E-state index is -1.11. The van der Waals surface area contributed by atoms with E-state index in [1.165, 1.54) is 70.1 Å². The molecule has 0 amide bonds. The molecule has 1 aromatic heterocycles. The molecule has 1 N–H and O–H groups in total. The van der Waals surface area contributed by atoms with Gasteiger partial charge >= 0.3 is 5.97 Å². The molecular weight excluding hydrogens is 340 g/mol. The first-order valence-corrected chi connectivity index (χ1v) is 10.6. The standard InChI is InChI=1S/C22H36N2O3/c1-2-3-4-5-6-7-8-9-10-11-12-13-14-15-16-17-21(25)24-19-18-20(23-24)22(26)27/h9-10,18-19H,2-8,11-17H2,1H3,(H,26,27)/b10-9-. The van der Waals surface area contributed by atoms with Crippen molar-refractivity contribution in [1.29, 1.82) is 0 Å². The highest BCUT2D eigenvalue weighted by Gasteiger charge is 2.10. The molecule has 27 heavy (non-hydrogen) atoms. The maximum atomic E-state index is 11.9. The van der Waals surface area contributed by atoms with Gasteiger partial charge in [-0.2, -0.15) is 5.10 Å². The van der Waals surface area contributed by atoms with Gasteiger partial charge in [-0.3, -0.25) is 4.79 Å². The highest BCUT2D eigenvalue weighted by Crippen LogP contribution is 2.10. The van der Waals surface area contributed by atoms with Crippen LogP contribution < -0.4 is 0 Å². The molecular formula is C22H36N2O3. The van der Waals surface area contributed by atoms with Crippen molar-refractivity contribution in [3.63, 3.8) is 0 Å². The smallest absolute Gasteiger partial charge is 0.356 e. The Morgan fingerprint density at radius 1 is 0.926 bits per heavy atom. The number of carboxylic acid groups (broad SMARTS) is 1. The molecule has 0 radical (unpaired) electrons. The number of carbonyl (C=O) groups excluding carboxylic acids is 1. The molecule has 0 bridgehead atoms. The maximum Gasteiger partial charge on any atom is 0.356 e. The van der Waals surface area contributed by atoms with Crippen LogP contribution in [0.1, 0.15) is 112 Å². The molecule has 5 nitrogen and oxygen atoms in total. The Labute approximate surface area is 163 Å². The monoisotopic (exact) mass is 376 g/mol. The van der Waals surface area contributed by atoms with E-state index in [4.69, 9.17) is 5.11 Å². The van der Waals surface area contributed by atoms with E-state index in [-0.39, 0.29) is 11.6 Å². The number of unbranched alkanes of at least 4 members (excludes halogenated alkanes) is 11. The summed E-state index contributed by atoms with van der Waals surface area (Å²) < 4.78 is 1.14. The van der Waals surface area contributed by atoms with Gasteiger partial charge in [-0.05, 0) is 38.2 Å². The number of aromatic nitrogens is 2. The predicted octanol–water partition coefficient (Wildman–Crippen LogP) is 6.26. The Balaban J connectivity index is 1.91. The summed E-state index contributed by atoms with van der Waals surface area (Å²) in [6.45, 7) is 2.25. The van der Waals surface area contributed by atoms with Gasteiger partial charge in [0.15, 0.2) is 5.69 Å². The maximum absolute atomic E-state index is 11.9. The molecule has 1 rings (SSSR count). The second kappa shape index (κ2) is 15.2. The van der Waals surface area contributed by atoms with Crippen molar-refractivity contribution >= 4 is 11.9 Å². The summed E-state index contributed by atoms with van der Waals surface area (Å²) in [7, 11) is 0. The summed E-state index contributed by atoms with van der Waals surface area (Å²) in [4.78, 5) is 22.7. The van der Waals surface area contributed by atoms with Crippen LogP contribution in [0.25, 0.3) is 0 Å². The first kappa shape index (κ1) is 23.1. The lowest BCUT2D eigenvalue weighted by Crippen LogP contribution is -2.12. The number of rotatable bonds is 16. The van der Waals surface area contributed by atoms with E-state index >= 15 is 0 Å². The van der Waals surface area contributed by atoms with Crippen LogP contribution in [0.5, 0.6) is 0 Å². The molecule has 152 valence electrons. The average molecular weight is 377 g/mol. The third kappa shape index (κ3) is 11.4. The van der Waals surface area contributed by atoms with Crippen LogP contribution in [0.2, 0.25) is 0 Å². The average Bonchev–Trinajstić information content (AvgIpc) is 3.15. The van der Waals surface area contributed by atoms with E-state index in [1.54, 1.807) is 0 Å². The SMILES string of the molecule is CCCCCCCC/C=C\CCCCCCCC(=O)n1ccc(C(=O)O)n1. The molecule has 0 fully saturated rings. The van der Waals surface area contributed by atoms with Gasteiger partial charge in [-0.15, -0.1) is 0 Å². The van der Waals surface area contributed by atoms with E-state index in [0.717, 1.165) is 30.4 Å². The first-order valence-electron chi connectivity index (χ1n) is 10.6. The summed E-state index contributed by atoms with van der Waals surface area (Å²) in [6.07, 6.45) is 22.4. The number of hydrogen-bond acceptors (Lipinski definition) is 3. The van der Waals surface area contributed by atoms with Crippen LogP contribution >= 0.6 is 0 Å². The number of carboxylic acids is 1. The third-order valence-electron chi connectivity index (χ3n) is 4.72. The van der Waals surface area contributed by atoms with Crippen LogP contribution in [0, 0.1) is 0 Å². The highest BCUT2D eigenvalue weighted by atomic mass is 16.4. The highest BCUT2D eigenvalue weighted by molar-refractivity contribution is 5.86. The number of carbonyl (C=O) groups is 2. The molecule has 1 heterocycles. The fourth-order valence-corrected chi connectivity index (χ4v) is 3.04. The Kier molecular flexibility index (Phi) is 13.0. The Morgan fingerprint density at radius 3 is 2.04 bits per heavy atom. The normalized spacial score (nSPS) is 11.3. The fraction of sp³-hybridized carbons (Fsp3) is 0.682. The second-order valence-electron chi connectivity index (χ2n) is 7.18. The van der Waals surface area contributed by atoms with Crippen molar-refractivity contribution < 1.29 is 14.7 Å². The van der Waals surface area contributed by atoms with Crippen molar-refractivity contribution in [1.82, 2.24) is 9.78 Å². The molecule has 0 atom stereocenters. The van der Waals surface area contributed by atoms with Crippen molar-refractivity contribution in [2.24, 2.45) is 0 Å². The van der Waals surface area contributed by atoms with Crippen LogP contribution in [0.15, 0.2) is 24.4 Å². The summed E-state index contributed by atoms with van der Waals surface area (Å²) in [5, 5.41) is 12.6. The first-order chi connectivity index (χ1) is 13.1. The van der Waals surface area contributed by atoms with Gasteiger partial charge in [-0.1, -0.05) is 70.4 Å².